The maximum atomic E-state index is 9.17. The van der Waals surface area contributed by atoms with E-state index in [0.29, 0.717) is 0 Å². The molecule has 0 aromatic rings. The Morgan fingerprint density at radius 2 is 0.559 bits per heavy atom. The Bertz CT molecular complexity index is 338. The molecule has 0 spiro atoms. The van der Waals surface area contributed by atoms with Crippen molar-refractivity contribution in [3.63, 3.8) is 0 Å². The summed E-state index contributed by atoms with van der Waals surface area (Å²) in [5.41, 5.74) is 0. The topological polar surface area (TPSA) is 80.9 Å². The van der Waals surface area contributed by atoms with Gasteiger partial charge in [0.2, 0.25) is 0 Å². The third-order valence-electron chi connectivity index (χ3n) is 6.70. The van der Waals surface area contributed by atoms with Crippen LogP contribution in [0, 0.1) is 0 Å². The van der Waals surface area contributed by atoms with Crippen LogP contribution < -0.4 is 0 Å². The average molecular weight is 489 g/mol. The lowest BCUT2D eigenvalue weighted by Crippen LogP contribution is -2.10. The van der Waals surface area contributed by atoms with Gasteiger partial charge in [0.05, 0.1) is 25.4 Å². The van der Waals surface area contributed by atoms with Gasteiger partial charge in [0.1, 0.15) is 0 Å². The van der Waals surface area contributed by atoms with E-state index in [2.05, 4.69) is 13.8 Å². The van der Waals surface area contributed by atoms with Crippen LogP contribution in [0.5, 0.6) is 0 Å². The van der Waals surface area contributed by atoms with Gasteiger partial charge < -0.3 is 20.4 Å². The number of hydrogen-bond acceptors (Lipinski definition) is 4. The fraction of sp³-hybridized carbons (Fsp3) is 1.00. The highest BCUT2D eigenvalue weighted by molar-refractivity contribution is 4.55. The minimum Gasteiger partial charge on any atom is -0.394 e. The largest absolute Gasteiger partial charge is 0.394 e. The third kappa shape index (κ3) is 34.0. The SMILES string of the molecule is CCCCCCCCCCCCC(O)CO.CCCCCCCCCCCCCCC(O)CO. The Kier molecular flexibility index (Phi) is 34.8. The molecule has 2 unspecified atom stereocenters. The lowest BCUT2D eigenvalue weighted by molar-refractivity contribution is 0.0859. The normalized spacial score (nSPS) is 12.9. The summed E-state index contributed by atoms with van der Waals surface area (Å²) in [6.07, 6.45) is 29.7. The number of unbranched alkanes of at least 4 members (excludes halogenated alkanes) is 20. The predicted octanol–water partition coefficient (Wildman–Crippen LogP) is 8.08. The molecule has 0 aliphatic carbocycles. The molecule has 0 aliphatic rings. The van der Waals surface area contributed by atoms with Crippen molar-refractivity contribution in [2.45, 2.75) is 180 Å². The average Bonchev–Trinajstić information content (AvgIpc) is 2.85. The highest BCUT2D eigenvalue weighted by atomic mass is 16.3. The first-order valence-electron chi connectivity index (χ1n) is 15.2. The molecular weight excluding hydrogens is 424 g/mol. The summed E-state index contributed by atoms with van der Waals surface area (Å²) in [5.74, 6) is 0. The quantitative estimate of drug-likeness (QED) is 0.0927. The second-order valence-corrected chi connectivity index (χ2v) is 10.3. The minimum atomic E-state index is -0.492. The van der Waals surface area contributed by atoms with E-state index in [-0.39, 0.29) is 13.2 Å². The molecule has 0 saturated carbocycles. The van der Waals surface area contributed by atoms with Gasteiger partial charge in [-0.2, -0.15) is 0 Å². The van der Waals surface area contributed by atoms with Gasteiger partial charge >= 0.3 is 0 Å². The molecule has 0 bridgehead atoms. The van der Waals surface area contributed by atoms with Crippen LogP contribution in [-0.4, -0.2) is 45.8 Å². The molecule has 0 radical (unpaired) electrons. The van der Waals surface area contributed by atoms with Crippen LogP contribution in [0.25, 0.3) is 0 Å². The van der Waals surface area contributed by atoms with Crippen LogP contribution in [0.15, 0.2) is 0 Å². The fourth-order valence-electron chi connectivity index (χ4n) is 4.27. The lowest BCUT2D eigenvalue weighted by atomic mass is 10.0. The van der Waals surface area contributed by atoms with E-state index in [1.807, 2.05) is 0 Å². The monoisotopic (exact) mass is 488 g/mol. The summed E-state index contributed by atoms with van der Waals surface area (Å²) in [5, 5.41) is 35.6. The van der Waals surface area contributed by atoms with E-state index < -0.39 is 12.2 Å². The van der Waals surface area contributed by atoms with E-state index in [0.717, 1.165) is 25.7 Å². The molecule has 0 aliphatic heterocycles. The second-order valence-electron chi connectivity index (χ2n) is 10.3. The Morgan fingerprint density at radius 3 is 0.765 bits per heavy atom. The smallest absolute Gasteiger partial charge is 0.0770 e. The van der Waals surface area contributed by atoms with Crippen LogP contribution in [0.2, 0.25) is 0 Å². The maximum Gasteiger partial charge on any atom is 0.0770 e. The third-order valence-corrected chi connectivity index (χ3v) is 6.70. The van der Waals surface area contributed by atoms with Crippen molar-refractivity contribution in [3.8, 4) is 0 Å². The lowest BCUT2D eigenvalue weighted by Gasteiger charge is -2.06. The zero-order valence-electron chi connectivity index (χ0n) is 23.3. The van der Waals surface area contributed by atoms with Gasteiger partial charge in [0.15, 0.2) is 0 Å². The molecule has 0 heterocycles. The first kappa shape index (κ1) is 36.0. The molecule has 34 heavy (non-hydrogen) atoms. The molecule has 2 atom stereocenters. The summed E-state index contributed by atoms with van der Waals surface area (Å²) in [6, 6.07) is 0. The number of rotatable bonds is 26. The molecule has 0 saturated heterocycles. The Morgan fingerprint density at radius 1 is 0.353 bits per heavy atom. The number of aliphatic hydroxyl groups excluding tert-OH is 4. The van der Waals surface area contributed by atoms with E-state index in [4.69, 9.17) is 20.4 Å². The molecule has 208 valence electrons. The molecule has 4 heteroatoms. The molecule has 4 nitrogen and oxygen atoms in total. The van der Waals surface area contributed by atoms with Crippen molar-refractivity contribution in [1.82, 2.24) is 0 Å². The summed E-state index contributed by atoms with van der Waals surface area (Å²) < 4.78 is 0. The summed E-state index contributed by atoms with van der Waals surface area (Å²) >= 11 is 0. The first-order valence-corrected chi connectivity index (χ1v) is 15.2. The van der Waals surface area contributed by atoms with Gasteiger partial charge in [-0.1, -0.05) is 155 Å². The van der Waals surface area contributed by atoms with E-state index in [1.165, 1.54) is 128 Å². The zero-order chi connectivity index (χ0) is 25.5. The summed E-state index contributed by atoms with van der Waals surface area (Å²) in [7, 11) is 0. The van der Waals surface area contributed by atoms with Crippen molar-refractivity contribution in [2.24, 2.45) is 0 Å². The highest BCUT2D eigenvalue weighted by Gasteiger charge is 2.01. The highest BCUT2D eigenvalue weighted by Crippen LogP contribution is 2.13. The fourth-order valence-corrected chi connectivity index (χ4v) is 4.27. The van der Waals surface area contributed by atoms with Gasteiger partial charge in [-0.25, -0.2) is 0 Å². The first-order chi connectivity index (χ1) is 16.6. The van der Waals surface area contributed by atoms with Crippen molar-refractivity contribution < 1.29 is 20.4 Å². The zero-order valence-corrected chi connectivity index (χ0v) is 23.3. The summed E-state index contributed by atoms with van der Waals surface area (Å²) in [4.78, 5) is 0. The van der Waals surface area contributed by atoms with E-state index in [9.17, 15) is 0 Å². The van der Waals surface area contributed by atoms with Gasteiger partial charge in [0.25, 0.3) is 0 Å². The van der Waals surface area contributed by atoms with Crippen LogP contribution in [0.1, 0.15) is 168 Å². The molecule has 0 fully saturated rings. The Hall–Kier alpha value is -0.160. The molecule has 0 amide bonds. The van der Waals surface area contributed by atoms with Crippen molar-refractivity contribution in [1.29, 1.82) is 0 Å². The number of aliphatic hydroxyl groups is 4. The molecule has 4 N–H and O–H groups in total. The van der Waals surface area contributed by atoms with Gasteiger partial charge in [-0.15, -0.1) is 0 Å². The molecule has 0 aromatic heterocycles. The van der Waals surface area contributed by atoms with Gasteiger partial charge in [-0.3, -0.25) is 0 Å². The maximum absolute atomic E-state index is 9.17. The molecule has 0 aromatic carbocycles. The Labute approximate surface area is 214 Å². The van der Waals surface area contributed by atoms with Gasteiger partial charge in [-0.05, 0) is 12.8 Å². The second kappa shape index (κ2) is 32.8. The van der Waals surface area contributed by atoms with Crippen molar-refractivity contribution >= 4 is 0 Å². The minimum absolute atomic E-state index is 0.0853. The molecule has 0 rings (SSSR count). The standard InChI is InChI=1S/C16H34O2.C14H30O2/c1-2-3-4-5-6-7-8-9-10-11-12-13-14-16(18)15-17;1-2-3-4-5-6-7-8-9-10-11-12-14(16)13-15/h16-18H,2-15H2,1H3;14-16H,2-13H2,1H3. The van der Waals surface area contributed by atoms with Crippen LogP contribution >= 0.6 is 0 Å². The van der Waals surface area contributed by atoms with Crippen LogP contribution in [-0.2, 0) is 0 Å². The van der Waals surface area contributed by atoms with E-state index in [1.54, 1.807) is 0 Å². The van der Waals surface area contributed by atoms with Crippen molar-refractivity contribution in [3.05, 3.63) is 0 Å². The Balaban J connectivity index is 0. The van der Waals surface area contributed by atoms with Crippen molar-refractivity contribution in [2.75, 3.05) is 13.2 Å². The number of hydrogen-bond donors (Lipinski definition) is 4. The summed E-state index contributed by atoms with van der Waals surface area (Å²) in [6.45, 7) is 4.34. The van der Waals surface area contributed by atoms with Crippen LogP contribution in [0.3, 0.4) is 0 Å². The van der Waals surface area contributed by atoms with E-state index >= 15 is 0 Å². The van der Waals surface area contributed by atoms with Gasteiger partial charge in [0, 0.05) is 0 Å². The molecular formula is C30H64O4. The van der Waals surface area contributed by atoms with Crippen LogP contribution in [0.4, 0.5) is 0 Å². The predicted molar refractivity (Wildman–Crippen MR) is 148 cm³/mol.